The first kappa shape index (κ1) is 21.6. The number of hydrogen-bond acceptors (Lipinski definition) is 3. The van der Waals surface area contributed by atoms with Crippen molar-refractivity contribution in [2.24, 2.45) is 4.99 Å². The van der Waals surface area contributed by atoms with Gasteiger partial charge in [0, 0.05) is 30.2 Å². The number of ether oxygens (including phenoxy) is 1. The van der Waals surface area contributed by atoms with Crippen LogP contribution in [0.1, 0.15) is 12.5 Å². The Kier molecular flexibility index (Phi) is 7.62. The smallest absolute Gasteiger partial charge is 0.191 e. The van der Waals surface area contributed by atoms with Gasteiger partial charge in [-0.3, -0.25) is 4.99 Å². The molecule has 0 saturated carbocycles. The van der Waals surface area contributed by atoms with Gasteiger partial charge in [-0.2, -0.15) is 0 Å². The van der Waals surface area contributed by atoms with Crippen LogP contribution in [0.15, 0.2) is 53.7 Å². The zero-order valence-electron chi connectivity index (χ0n) is 16.8. The first-order valence-corrected chi connectivity index (χ1v) is 9.89. The summed E-state index contributed by atoms with van der Waals surface area (Å²) >= 11 is 0. The molecular formula is C22H26F2N4O2. The molecule has 1 heterocycles. The average molecular weight is 416 g/mol. The van der Waals surface area contributed by atoms with E-state index in [0.29, 0.717) is 31.2 Å². The number of H-pyrrole nitrogens is 1. The van der Waals surface area contributed by atoms with Gasteiger partial charge >= 0.3 is 0 Å². The summed E-state index contributed by atoms with van der Waals surface area (Å²) in [6.07, 6.45) is 1.76. The van der Waals surface area contributed by atoms with Crippen LogP contribution >= 0.6 is 0 Å². The Labute approximate surface area is 174 Å². The molecule has 6 nitrogen and oxygen atoms in total. The first-order chi connectivity index (χ1) is 14.5. The SMILES string of the molecule is CCNC(=NCC(O)COc1ccc(F)cc1)NCCc1c[nH]c2ccc(F)cc12. The minimum Gasteiger partial charge on any atom is -0.491 e. The zero-order valence-corrected chi connectivity index (χ0v) is 16.8. The Balaban J connectivity index is 1.48. The normalized spacial score (nSPS) is 12.7. The van der Waals surface area contributed by atoms with Gasteiger partial charge in [-0.15, -0.1) is 0 Å². The Morgan fingerprint density at radius 1 is 1.13 bits per heavy atom. The lowest BCUT2D eigenvalue weighted by Gasteiger charge is -2.14. The molecule has 30 heavy (non-hydrogen) atoms. The summed E-state index contributed by atoms with van der Waals surface area (Å²) in [4.78, 5) is 7.51. The molecule has 160 valence electrons. The molecule has 0 aliphatic heterocycles. The van der Waals surface area contributed by atoms with E-state index in [1.54, 1.807) is 6.07 Å². The van der Waals surface area contributed by atoms with Gasteiger partial charge in [-0.05, 0) is 61.4 Å². The van der Waals surface area contributed by atoms with Gasteiger partial charge in [0.2, 0.25) is 0 Å². The van der Waals surface area contributed by atoms with Crippen molar-refractivity contribution in [2.75, 3.05) is 26.2 Å². The highest BCUT2D eigenvalue weighted by Crippen LogP contribution is 2.19. The molecule has 8 heteroatoms. The van der Waals surface area contributed by atoms with Crippen LogP contribution in [0.4, 0.5) is 8.78 Å². The summed E-state index contributed by atoms with van der Waals surface area (Å²) in [5, 5.41) is 17.3. The third-order valence-electron chi connectivity index (χ3n) is 4.48. The number of aromatic nitrogens is 1. The molecule has 0 amide bonds. The maximum absolute atomic E-state index is 13.5. The van der Waals surface area contributed by atoms with E-state index in [-0.39, 0.29) is 24.8 Å². The van der Waals surface area contributed by atoms with Crippen molar-refractivity contribution >= 4 is 16.9 Å². The van der Waals surface area contributed by atoms with Crippen LogP contribution in [0.25, 0.3) is 10.9 Å². The van der Waals surface area contributed by atoms with Gasteiger partial charge in [0.25, 0.3) is 0 Å². The summed E-state index contributed by atoms with van der Waals surface area (Å²) in [5.74, 6) is 0.457. The van der Waals surface area contributed by atoms with Crippen LogP contribution in [0, 0.1) is 11.6 Å². The van der Waals surface area contributed by atoms with Gasteiger partial charge in [0.15, 0.2) is 5.96 Å². The number of halogens is 2. The number of rotatable bonds is 9. The third kappa shape index (κ3) is 6.18. The van der Waals surface area contributed by atoms with Crippen molar-refractivity contribution in [1.29, 1.82) is 0 Å². The summed E-state index contributed by atoms with van der Waals surface area (Å²) in [6, 6.07) is 10.3. The summed E-state index contributed by atoms with van der Waals surface area (Å²) < 4.78 is 31.8. The van der Waals surface area contributed by atoms with Crippen LogP contribution in [0.2, 0.25) is 0 Å². The number of aliphatic hydroxyl groups excluding tert-OH is 1. The highest BCUT2D eigenvalue weighted by Gasteiger charge is 2.08. The molecule has 3 aromatic rings. The third-order valence-corrected chi connectivity index (χ3v) is 4.48. The number of nitrogens with one attached hydrogen (secondary N) is 3. The van der Waals surface area contributed by atoms with Gasteiger partial charge < -0.3 is 25.5 Å². The standard InChI is InChI=1S/C22H26F2N4O2/c1-2-25-22(28-13-18(29)14-30-19-6-3-16(23)4-7-19)26-10-9-15-12-27-21-8-5-17(24)11-20(15)21/h3-8,11-12,18,27,29H,2,9-10,13-14H2,1H3,(H2,25,26,28). The number of benzene rings is 2. The van der Waals surface area contributed by atoms with Gasteiger partial charge in [-0.25, -0.2) is 8.78 Å². The van der Waals surface area contributed by atoms with Crippen molar-refractivity contribution < 1.29 is 18.6 Å². The molecule has 1 unspecified atom stereocenters. The number of nitrogens with zero attached hydrogens (tertiary/aromatic N) is 1. The molecule has 1 atom stereocenters. The summed E-state index contributed by atoms with van der Waals surface area (Å²) in [6.45, 7) is 3.42. The first-order valence-electron chi connectivity index (χ1n) is 9.89. The zero-order chi connectivity index (χ0) is 21.3. The van der Waals surface area contributed by atoms with Gasteiger partial charge in [0.05, 0.1) is 6.54 Å². The minimum absolute atomic E-state index is 0.0510. The lowest BCUT2D eigenvalue weighted by Crippen LogP contribution is -2.39. The van der Waals surface area contributed by atoms with E-state index in [2.05, 4.69) is 20.6 Å². The van der Waals surface area contributed by atoms with Crippen LogP contribution in [0.3, 0.4) is 0 Å². The lowest BCUT2D eigenvalue weighted by molar-refractivity contribution is 0.114. The maximum atomic E-state index is 13.5. The largest absolute Gasteiger partial charge is 0.491 e. The van der Waals surface area contributed by atoms with Gasteiger partial charge in [0.1, 0.15) is 30.1 Å². The van der Waals surface area contributed by atoms with E-state index in [4.69, 9.17) is 4.74 Å². The number of aromatic amines is 1. The average Bonchev–Trinajstić information content (AvgIpc) is 3.13. The molecule has 0 saturated heterocycles. The number of aliphatic imine (C=N–C) groups is 1. The number of hydrogen-bond donors (Lipinski definition) is 4. The Hall–Kier alpha value is -3.13. The van der Waals surface area contributed by atoms with E-state index < -0.39 is 6.10 Å². The predicted molar refractivity (Wildman–Crippen MR) is 114 cm³/mol. The van der Waals surface area contributed by atoms with E-state index in [1.165, 1.54) is 36.4 Å². The van der Waals surface area contributed by atoms with Crippen molar-refractivity contribution in [1.82, 2.24) is 15.6 Å². The Morgan fingerprint density at radius 2 is 1.90 bits per heavy atom. The minimum atomic E-state index is -0.804. The number of guanidine groups is 1. The van der Waals surface area contributed by atoms with Crippen molar-refractivity contribution in [3.8, 4) is 5.75 Å². The molecular weight excluding hydrogens is 390 g/mol. The second-order valence-corrected chi connectivity index (χ2v) is 6.82. The fraction of sp³-hybridized carbons (Fsp3) is 0.318. The maximum Gasteiger partial charge on any atom is 0.191 e. The predicted octanol–water partition coefficient (Wildman–Crippen LogP) is 2.98. The molecule has 4 N–H and O–H groups in total. The van der Waals surface area contributed by atoms with Crippen molar-refractivity contribution in [2.45, 2.75) is 19.4 Å². The molecule has 2 aromatic carbocycles. The van der Waals surface area contributed by atoms with Crippen LogP contribution in [0.5, 0.6) is 5.75 Å². The fourth-order valence-corrected chi connectivity index (χ4v) is 2.99. The highest BCUT2D eigenvalue weighted by atomic mass is 19.1. The Bertz CT molecular complexity index is 973. The fourth-order valence-electron chi connectivity index (χ4n) is 2.99. The number of fused-ring (bicyclic) bond motifs is 1. The highest BCUT2D eigenvalue weighted by molar-refractivity contribution is 5.83. The molecule has 0 bridgehead atoms. The second-order valence-electron chi connectivity index (χ2n) is 6.82. The van der Waals surface area contributed by atoms with Crippen molar-refractivity contribution in [3.63, 3.8) is 0 Å². The topological polar surface area (TPSA) is 81.7 Å². The molecule has 0 spiro atoms. The molecule has 0 fully saturated rings. The molecule has 1 aromatic heterocycles. The van der Waals surface area contributed by atoms with E-state index in [0.717, 1.165) is 16.5 Å². The lowest BCUT2D eigenvalue weighted by atomic mass is 10.1. The van der Waals surface area contributed by atoms with Crippen molar-refractivity contribution in [3.05, 3.63) is 65.9 Å². The van der Waals surface area contributed by atoms with Crippen LogP contribution in [-0.2, 0) is 6.42 Å². The van der Waals surface area contributed by atoms with E-state index >= 15 is 0 Å². The molecule has 0 radical (unpaired) electrons. The van der Waals surface area contributed by atoms with E-state index in [1.807, 2.05) is 13.1 Å². The van der Waals surface area contributed by atoms with Crippen LogP contribution < -0.4 is 15.4 Å². The summed E-state index contributed by atoms with van der Waals surface area (Å²) in [5.41, 5.74) is 1.91. The van der Waals surface area contributed by atoms with E-state index in [9.17, 15) is 13.9 Å². The number of aliphatic hydroxyl groups is 1. The monoisotopic (exact) mass is 416 g/mol. The van der Waals surface area contributed by atoms with Crippen LogP contribution in [-0.4, -0.2) is 48.4 Å². The Morgan fingerprint density at radius 3 is 2.67 bits per heavy atom. The second kappa shape index (κ2) is 10.6. The molecule has 0 aliphatic rings. The molecule has 0 aliphatic carbocycles. The van der Waals surface area contributed by atoms with Gasteiger partial charge in [-0.1, -0.05) is 0 Å². The molecule has 3 rings (SSSR count). The quantitative estimate of drug-likeness (QED) is 0.319. The summed E-state index contributed by atoms with van der Waals surface area (Å²) in [7, 11) is 0.